The van der Waals surface area contributed by atoms with Crippen LogP contribution < -0.4 is 0 Å². The second-order valence-electron chi connectivity index (χ2n) is 7.08. The summed E-state index contributed by atoms with van der Waals surface area (Å²) in [6, 6.07) is 13.2. The highest BCUT2D eigenvalue weighted by atomic mass is 35.5. The molecule has 134 valence electrons. The Kier molecular flexibility index (Phi) is 6.53. The van der Waals surface area contributed by atoms with Gasteiger partial charge < -0.3 is 0 Å². The van der Waals surface area contributed by atoms with E-state index in [1.165, 1.54) is 49.8 Å². The third-order valence-corrected chi connectivity index (χ3v) is 5.59. The van der Waals surface area contributed by atoms with Crippen molar-refractivity contribution in [2.45, 2.75) is 44.4 Å². The number of hydrogen-bond donors (Lipinski definition) is 0. The van der Waals surface area contributed by atoms with E-state index in [-0.39, 0.29) is 5.02 Å². The van der Waals surface area contributed by atoms with Crippen LogP contribution in [-0.4, -0.2) is 0 Å². The van der Waals surface area contributed by atoms with Gasteiger partial charge in [-0.25, -0.2) is 4.39 Å². The quantitative estimate of drug-likeness (QED) is 0.399. The lowest BCUT2D eigenvalue weighted by molar-refractivity contribution is 0.312. The first-order valence-electron chi connectivity index (χ1n) is 9.33. The number of rotatable bonds is 4. The Balaban J connectivity index is 1.60. The summed E-state index contributed by atoms with van der Waals surface area (Å²) in [6.45, 7) is 3.82. The average Bonchev–Trinajstić information content (AvgIpc) is 2.68. The second-order valence-corrected chi connectivity index (χ2v) is 7.49. The van der Waals surface area contributed by atoms with Crippen molar-refractivity contribution in [1.82, 2.24) is 0 Å². The summed E-state index contributed by atoms with van der Waals surface area (Å²) < 4.78 is 13.5. The van der Waals surface area contributed by atoms with Gasteiger partial charge in [0.2, 0.25) is 0 Å². The molecule has 0 atom stereocenters. The van der Waals surface area contributed by atoms with Crippen LogP contribution in [-0.2, 0) is 0 Å². The van der Waals surface area contributed by atoms with E-state index in [0.717, 1.165) is 17.9 Å². The summed E-state index contributed by atoms with van der Waals surface area (Å²) in [5.74, 6) is 7.20. The van der Waals surface area contributed by atoms with Crippen LogP contribution >= 0.6 is 11.6 Å². The maximum absolute atomic E-state index is 13.5. The third kappa shape index (κ3) is 4.99. The Hall–Kier alpha value is -2.04. The molecule has 1 aliphatic rings. The van der Waals surface area contributed by atoms with E-state index in [4.69, 9.17) is 11.6 Å². The summed E-state index contributed by atoms with van der Waals surface area (Å²) in [5.41, 5.74) is 2.99. The van der Waals surface area contributed by atoms with Crippen LogP contribution in [0.3, 0.4) is 0 Å². The van der Waals surface area contributed by atoms with Crippen molar-refractivity contribution in [3.05, 3.63) is 82.6 Å². The SMILES string of the molecule is C=CCCC1CCC(c2ccc(C#Cc3ccc(Cl)c(F)c3)cc2)CC1. The van der Waals surface area contributed by atoms with Gasteiger partial charge in [0.05, 0.1) is 5.02 Å². The molecule has 0 aromatic heterocycles. The van der Waals surface area contributed by atoms with Crippen molar-refractivity contribution >= 4 is 11.6 Å². The molecular weight excluding hydrogens is 343 g/mol. The van der Waals surface area contributed by atoms with Crippen LogP contribution in [0.1, 0.15) is 61.1 Å². The Labute approximate surface area is 161 Å². The third-order valence-electron chi connectivity index (χ3n) is 5.28. The summed E-state index contributed by atoms with van der Waals surface area (Å²) in [6.07, 6.45) is 9.65. The standard InChI is InChI=1S/C24H24ClF/c1-2-3-4-18-7-12-21(13-8-18)22-14-9-19(10-15-22)5-6-20-11-16-23(25)24(26)17-20/h2,9-11,14-18,21H,1,3-4,7-8,12-13H2. The average molecular weight is 367 g/mol. The zero-order chi connectivity index (χ0) is 18.4. The van der Waals surface area contributed by atoms with Gasteiger partial charge in [-0.1, -0.05) is 41.7 Å². The summed E-state index contributed by atoms with van der Waals surface area (Å²) in [7, 11) is 0. The van der Waals surface area contributed by atoms with E-state index < -0.39 is 5.82 Å². The highest BCUT2D eigenvalue weighted by Crippen LogP contribution is 2.37. The van der Waals surface area contributed by atoms with E-state index in [2.05, 4.69) is 42.7 Å². The molecule has 26 heavy (non-hydrogen) atoms. The lowest BCUT2D eigenvalue weighted by Crippen LogP contribution is -2.13. The number of hydrogen-bond acceptors (Lipinski definition) is 0. The van der Waals surface area contributed by atoms with Gasteiger partial charge in [-0.05, 0) is 86.3 Å². The van der Waals surface area contributed by atoms with Gasteiger partial charge >= 0.3 is 0 Å². The molecule has 0 radical (unpaired) electrons. The minimum absolute atomic E-state index is 0.124. The molecule has 0 nitrogen and oxygen atoms in total. The first-order valence-corrected chi connectivity index (χ1v) is 9.71. The van der Waals surface area contributed by atoms with Crippen molar-refractivity contribution in [2.24, 2.45) is 5.92 Å². The molecule has 1 saturated carbocycles. The largest absolute Gasteiger partial charge is 0.205 e. The highest BCUT2D eigenvalue weighted by Gasteiger charge is 2.21. The van der Waals surface area contributed by atoms with Crippen molar-refractivity contribution in [3.63, 3.8) is 0 Å². The van der Waals surface area contributed by atoms with E-state index in [1.807, 2.05) is 6.08 Å². The molecule has 0 N–H and O–H groups in total. The molecule has 0 saturated heterocycles. The minimum atomic E-state index is -0.433. The molecule has 0 aliphatic heterocycles. The normalized spacial score (nSPS) is 19.5. The predicted octanol–water partition coefficient (Wildman–Crippen LogP) is 7.12. The zero-order valence-electron chi connectivity index (χ0n) is 15.0. The maximum atomic E-state index is 13.5. The van der Waals surface area contributed by atoms with Gasteiger partial charge in [-0.15, -0.1) is 6.58 Å². The van der Waals surface area contributed by atoms with Crippen LogP contribution in [0, 0.1) is 23.6 Å². The Bertz CT molecular complexity index is 802. The van der Waals surface area contributed by atoms with Gasteiger partial charge in [0.25, 0.3) is 0 Å². The fourth-order valence-corrected chi connectivity index (χ4v) is 3.81. The van der Waals surface area contributed by atoms with Crippen LogP contribution in [0.25, 0.3) is 0 Å². The van der Waals surface area contributed by atoms with Crippen LogP contribution in [0.4, 0.5) is 4.39 Å². The molecule has 0 spiro atoms. The molecule has 0 unspecified atom stereocenters. The van der Waals surface area contributed by atoms with Gasteiger partial charge in [0.1, 0.15) is 5.82 Å². The molecule has 0 bridgehead atoms. The predicted molar refractivity (Wildman–Crippen MR) is 108 cm³/mol. The first-order chi connectivity index (χ1) is 12.7. The van der Waals surface area contributed by atoms with Crippen molar-refractivity contribution in [1.29, 1.82) is 0 Å². The maximum Gasteiger partial charge on any atom is 0.143 e. The highest BCUT2D eigenvalue weighted by molar-refractivity contribution is 6.30. The summed E-state index contributed by atoms with van der Waals surface area (Å²) >= 11 is 5.70. The van der Waals surface area contributed by atoms with E-state index >= 15 is 0 Å². The molecule has 2 aromatic carbocycles. The topological polar surface area (TPSA) is 0 Å². The van der Waals surface area contributed by atoms with Crippen molar-refractivity contribution in [3.8, 4) is 11.8 Å². The monoisotopic (exact) mass is 366 g/mol. The zero-order valence-corrected chi connectivity index (χ0v) is 15.7. The molecule has 0 amide bonds. The van der Waals surface area contributed by atoms with Gasteiger partial charge in [-0.3, -0.25) is 0 Å². The summed E-state index contributed by atoms with van der Waals surface area (Å²) in [4.78, 5) is 0. The van der Waals surface area contributed by atoms with Crippen LogP contribution in [0.2, 0.25) is 5.02 Å². The first kappa shape index (κ1) is 18.7. The molecular formula is C24H24ClF. The van der Waals surface area contributed by atoms with Crippen LogP contribution in [0.5, 0.6) is 0 Å². The Morgan fingerprint density at radius 3 is 2.31 bits per heavy atom. The summed E-state index contributed by atoms with van der Waals surface area (Å²) in [5, 5.41) is 0.124. The number of allylic oxidation sites excluding steroid dienone is 1. The van der Waals surface area contributed by atoms with E-state index in [1.54, 1.807) is 6.07 Å². The molecule has 2 heteroatoms. The van der Waals surface area contributed by atoms with Gasteiger partial charge in [0.15, 0.2) is 0 Å². The number of benzene rings is 2. The smallest absolute Gasteiger partial charge is 0.143 e. The lowest BCUT2D eigenvalue weighted by atomic mass is 9.77. The minimum Gasteiger partial charge on any atom is -0.205 e. The second kappa shape index (κ2) is 9.06. The molecule has 1 aliphatic carbocycles. The Morgan fingerprint density at radius 1 is 1.00 bits per heavy atom. The molecule has 1 fully saturated rings. The molecule has 0 heterocycles. The van der Waals surface area contributed by atoms with Crippen molar-refractivity contribution < 1.29 is 4.39 Å². The molecule has 3 rings (SSSR count). The van der Waals surface area contributed by atoms with Crippen LogP contribution in [0.15, 0.2) is 55.1 Å². The van der Waals surface area contributed by atoms with Crippen molar-refractivity contribution in [2.75, 3.05) is 0 Å². The lowest BCUT2D eigenvalue weighted by Gasteiger charge is -2.28. The Morgan fingerprint density at radius 2 is 1.65 bits per heavy atom. The molecule has 2 aromatic rings. The van der Waals surface area contributed by atoms with E-state index in [0.29, 0.717) is 11.5 Å². The van der Waals surface area contributed by atoms with Gasteiger partial charge in [0, 0.05) is 11.1 Å². The fraction of sp³-hybridized carbons (Fsp3) is 0.333. The fourth-order valence-electron chi connectivity index (χ4n) is 3.69. The van der Waals surface area contributed by atoms with Gasteiger partial charge in [-0.2, -0.15) is 0 Å². The number of halogens is 2. The van der Waals surface area contributed by atoms with E-state index in [9.17, 15) is 4.39 Å².